The van der Waals surface area contributed by atoms with Crippen LogP contribution >= 0.6 is 0 Å². The molecule has 1 heteroatoms. The first-order valence-corrected chi connectivity index (χ1v) is 4.79. The molecule has 1 rings (SSSR count). The summed E-state index contributed by atoms with van der Waals surface area (Å²) in [7, 11) is 0. The van der Waals surface area contributed by atoms with Crippen molar-refractivity contribution in [3.05, 3.63) is 49.2 Å². The fourth-order valence-corrected chi connectivity index (χ4v) is 0.846. The summed E-state index contributed by atoms with van der Waals surface area (Å²) in [4.78, 5) is 0. The normalized spacial score (nSPS) is 8.14. The van der Waals surface area contributed by atoms with Gasteiger partial charge in [-0.2, -0.15) is 0 Å². The molecule has 0 amide bonds. The zero-order valence-corrected chi connectivity index (χ0v) is 8.99. The minimum Gasteiger partial charge on any atom is -0.465 e. The van der Waals surface area contributed by atoms with Gasteiger partial charge in [0.05, 0.1) is 6.26 Å². The minimum atomic E-state index is 0.789. The van der Waals surface area contributed by atoms with Gasteiger partial charge in [-0.1, -0.05) is 57.7 Å². The Morgan fingerprint density at radius 3 is 2.29 bits per heavy atom. The lowest BCUT2D eigenvalue weighted by molar-refractivity contribution is 0.482. The molecule has 0 fully saturated rings. The van der Waals surface area contributed by atoms with Gasteiger partial charge in [0.15, 0.2) is 0 Å². The maximum absolute atomic E-state index is 5.12. The van der Waals surface area contributed by atoms with E-state index in [1.54, 1.807) is 6.08 Å². The molecule has 0 aliphatic carbocycles. The molecule has 14 heavy (non-hydrogen) atoms. The number of para-hydroxylation sites is 1. The lowest BCUT2D eigenvalue weighted by atomic mass is 10.2. The van der Waals surface area contributed by atoms with E-state index >= 15 is 0 Å². The van der Waals surface area contributed by atoms with Gasteiger partial charge < -0.3 is 4.74 Å². The first-order valence-electron chi connectivity index (χ1n) is 4.79. The summed E-state index contributed by atoms with van der Waals surface area (Å²) in [6.45, 7) is 11.4. The number of rotatable bonds is 3. The molecule has 0 atom stereocenters. The Morgan fingerprint density at radius 2 is 1.79 bits per heavy atom. The minimum absolute atomic E-state index is 0.789. The highest BCUT2D eigenvalue weighted by atomic mass is 16.5. The van der Waals surface area contributed by atoms with Crippen molar-refractivity contribution in [3.63, 3.8) is 0 Å². The third-order valence-electron chi connectivity index (χ3n) is 1.35. The van der Waals surface area contributed by atoms with Crippen LogP contribution in [0, 0.1) is 0 Å². The van der Waals surface area contributed by atoms with E-state index in [1.165, 1.54) is 12.7 Å². The van der Waals surface area contributed by atoms with Crippen LogP contribution in [0.3, 0.4) is 0 Å². The lowest BCUT2D eigenvalue weighted by Crippen LogP contribution is -1.83. The third kappa shape index (κ3) is 4.51. The fourth-order valence-electron chi connectivity index (χ4n) is 0.846. The highest BCUT2D eigenvalue weighted by Gasteiger charge is 1.94. The molecule has 1 nitrogen and oxygen atoms in total. The fraction of sp³-hybridized carbons (Fsp3) is 0.231. The largest absolute Gasteiger partial charge is 0.465 e. The van der Waals surface area contributed by atoms with E-state index in [4.69, 9.17) is 4.74 Å². The number of benzene rings is 1. The SMILES string of the molecule is C=COc1ccccc1C=C.CCC. The van der Waals surface area contributed by atoms with Gasteiger partial charge in [-0.3, -0.25) is 0 Å². The summed E-state index contributed by atoms with van der Waals surface area (Å²) in [6.07, 6.45) is 4.40. The maximum atomic E-state index is 5.12. The molecule has 1 aromatic carbocycles. The van der Waals surface area contributed by atoms with Crippen LogP contribution in [0.25, 0.3) is 6.08 Å². The van der Waals surface area contributed by atoms with Crippen molar-refractivity contribution in [1.29, 1.82) is 0 Å². The zero-order chi connectivity index (χ0) is 10.8. The highest BCUT2D eigenvalue weighted by molar-refractivity contribution is 5.55. The van der Waals surface area contributed by atoms with Gasteiger partial charge >= 0.3 is 0 Å². The van der Waals surface area contributed by atoms with Gasteiger partial charge in [0.25, 0.3) is 0 Å². The van der Waals surface area contributed by atoms with Crippen molar-refractivity contribution >= 4 is 6.08 Å². The molecule has 0 saturated heterocycles. The molecule has 0 aliphatic rings. The van der Waals surface area contributed by atoms with Gasteiger partial charge in [-0.25, -0.2) is 0 Å². The van der Waals surface area contributed by atoms with E-state index < -0.39 is 0 Å². The smallest absolute Gasteiger partial charge is 0.133 e. The van der Waals surface area contributed by atoms with Crippen molar-refractivity contribution in [1.82, 2.24) is 0 Å². The maximum Gasteiger partial charge on any atom is 0.133 e. The summed E-state index contributed by atoms with van der Waals surface area (Å²) in [6, 6.07) is 7.66. The van der Waals surface area contributed by atoms with Crippen LogP contribution in [0.4, 0.5) is 0 Å². The second-order valence-corrected chi connectivity index (χ2v) is 2.73. The predicted octanol–water partition coefficient (Wildman–Crippen LogP) is 4.27. The second-order valence-electron chi connectivity index (χ2n) is 2.73. The van der Waals surface area contributed by atoms with Crippen LogP contribution in [0.15, 0.2) is 43.7 Å². The quantitative estimate of drug-likeness (QED) is 0.647. The number of ether oxygens (including phenoxy) is 1. The average Bonchev–Trinajstić information content (AvgIpc) is 2.20. The van der Waals surface area contributed by atoms with Gasteiger partial charge in [0.1, 0.15) is 5.75 Å². The van der Waals surface area contributed by atoms with Crippen LogP contribution in [0.1, 0.15) is 25.8 Å². The summed E-state index contributed by atoms with van der Waals surface area (Å²) in [5.74, 6) is 0.789. The van der Waals surface area contributed by atoms with E-state index in [9.17, 15) is 0 Å². The van der Waals surface area contributed by atoms with Crippen LogP contribution in [-0.2, 0) is 0 Å². The Morgan fingerprint density at radius 1 is 1.21 bits per heavy atom. The second kappa shape index (κ2) is 8.11. The van der Waals surface area contributed by atoms with Crippen molar-refractivity contribution < 1.29 is 4.74 Å². The standard InChI is InChI=1S/C10H10O.C3H8/c1-3-9-7-5-6-8-10(9)11-4-2;1-3-2/h3-8H,1-2H2;3H2,1-2H3. The highest BCUT2D eigenvalue weighted by Crippen LogP contribution is 2.18. The van der Waals surface area contributed by atoms with Crippen LogP contribution < -0.4 is 4.74 Å². The first-order chi connectivity index (χ1) is 6.79. The molecule has 0 saturated carbocycles. The van der Waals surface area contributed by atoms with Crippen molar-refractivity contribution in [2.75, 3.05) is 0 Å². The Balaban J connectivity index is 0.000000500. The molecule has 0 radical (unpaired) electrons. The molecule has 0 spiro atoms. The molecule has 76 valence electrons. The Hall–Kier alpha value is -1.50. The Kier molecular flexibility index (Phi) is 7.24. The van der Waals surface area contributed by atoms with Crippen LogP contribution in [0.5, 0.6) is 5.75 Å². The average molecular weight is 190 g/mol. The lowest BCUT2D eigenvalue weighted by Gasteiger charge is -2.02. The van der Waals surface area contributed by atoms with E-state index in [-0.39, 0.29) is 0 Å². The van der Waals surface area contributed by atoms with E-state index in [0.29, 0.717) is 0 Å². The summed E-state index contributed by atoms with van der Waals surface area (Å²) in [5, 5.41) is 0. The number of hydrogen-bond acceptors (Lipinski definition) is 1. The van der Waals surface area contributed by atoms with E-state index in [0.717, 1.165) is 11.3 Å². The topological polar surface area (TPSA) is 9.23 Å². The summed E-state index contributed by atoms with van der Waals surface area (Å²) in [5.41, 5.74) is 0.979. The number of hydrogen-bond donors (Lipinski definition) is 0. The first kappa shape index (κ1) is 12.5. The predicted molar refractivity (Wildman–Crippen MR) is 63.3 cm³/mol. The van der Waals surface area contributed by atoms with Crippen LogP contribution in [0.2, 0.25) is 0 Å². The molecule has 0 heterocycles. The molecule has 0 unspecified atom stereocenters. The van der Waals surface area contributed by atoms with Crippen molar-refractivity contribution in [2.24, 2.45) is 0 Å². The molecular formula is C13H18O. The van der Waals surface area contributed by atoms with E-state index in [1.807, 2.05) is 24.3 Å². The molecule has 0 aromatic heterocycles. The monoisotopic (exact) mass is 190 g/mol. The summed E-state index contributed by atoms with van der Waals surface area (Å²) >= 11 is 0. The molecule has 0 aliphatic heterocycles. The van der Waals surface area contributed by atoms with E-state index in [2.05, 4.69) is 27.0 Å². The summed E-state index contributed by atoms with van der Waals surface area (Å²) < 4.78 is 5.12. The van der Waals surface area contributed by atoms with Crippen molar-refractivity contribution in [2.45, 2.75) is 20.3 Å². The van der Waals surface area contributed by atoms with Gasteiger partial charge in [-0.05, 0) is 6.07 Å². The molecule has 0 N–H and O–H groups in total. The molecular weight excluding hydrogens is 172 g/mol. The third-order valence-corrected chi connectivity index (χ3v) is 1.35. The molecule has 1 aromatic rings. The molecule has 0 bridgehead atoms. The van der Waals surface area contributed by atoms with Gasteiger partial charge in [-0.15, -0.1) is 0 Å². The Bertz CT molecular complexity index is 276. The van der Waals surface area contributed by atoms with Crippen molar-refractivity contribution in [3.8, 4) is 5.75 Å². The zero-order valence-electron chi connectivity index (χ0n) is 8.99. The van der Waals surface area contributed by atoms with Gasteiger partial charge in [0.2, 0.25) is 0 Å². The van der Waals surface area contributed by atoms with Crippen LogP contribution in [-0.4, -0.2) is 0 Å². The van der Waals surface area contributed by atoms with Gasteiger partial charge in [0, 0.05) is 5.56 Å². The Labute approximate surface area is 86.7 Å².